The second-order valence-corrected chi connectivity index (χ2v) is 4.34. The van der Waals surface area contributed by atoms with Crippen molar-refractivity contribution in [3.05, 3.63) is 32.6 Å². The van der Waals surface area contributed by atoms with Crippen molar-refractivity contribution < 1.29 is 4.79 Å². The van der Waals surface area contributed by atoms with Gasteiger partial charge >= 0.3 is 5.69 Å². The molecule has 18 heavy (non-hydrogen) atoms. The molecular formula is C11H16N4O3. The van der Waals surface area contributed by atoms with Crippen LogP contribution in [0.2, 0.25) is 0 Å². The van der Waals surface area contributed by atoms with Gasteiger partial charge in [-0.3, -0.25) is 14.6 Å². The molecule has 1 aliphatic heterocycles. The molecule has 0 aliphatic carbocycles. The Morgan fingerprint density at radius 3 is 2.89 bits per heavy atom. The van der Waals surface area contributed by atoms with Gasteiger partial charge in [0.15, 0.2) is 0 Å². The van der Waals surface area contributed by atoms with Crippen LogP contribution in [0.1, 0.15) is 29.8 Å². The fourth-order valence-electron chi connectivity index (χ4n) is 2.05. The van der Waals surface area contributed by atoms with E-state index >= 15 is 0 Å². The second-order valence-electron chi connectivity index (χ2n) is 4.34. The fraction of sp³-hybridized carbons (Fsp3) is 0.545. The van der Waals surface area contributed by atoms with Crippen molar-refractivity contribution in [3.63, 3.8) is 0 Å². The molecule has 1 fully saturated rings. The summed E-state index contributed by atoms with van der Waals surface area (Å²) in [5.74, 6) is -0.434. The summed E-state index contributed by atoms with van der Waals surface area (Å²) in [4.78, 5) is 38.0. The normalized spacial score (nSPS) is 18.8. The van der Waals surface area contributed by atoms with E-state index < -0.39 is 17.2 Å². The van der Waals surface area contributed by atoms with Gasteiger partial charge in [-0.1, -0.05) is 0 Å². The summed E-state index contributed by atoms with van der Waals surface area (Å²) < 4.78 is 0. The molecule has 7 heteroatoms. The zero-order chi connectivity index (χ0) is 13.0. The van der Waals surface area contributed by atoms with Crippen molar-refractivity contribution in [1.82, 2.24) is 20.6 Å². The number of aromatic nitrogens is 2. The maximum Gasteiger partial charge on any atom is 0.326 e. The van der Waals surface area contributed by atoms with E-state index in [0.717, 1.165) is 25.5 Å². The Kier molecular flexibility index (Phi) is 3.93. The van der Waals surface area contributed by atoms with Crippen LogP contribution in [-0.2, 0) is 0 Å². The molecule has 7 nitrogen and oxygen atoms in total. The third-order valence-electron chi connectivity index (χ3n) is 2.95. The Morgan fingerprint density at radius 2 is 2.22 bits per heavy atom. The first kappa shape index (κ1) is 12.6. The SMILES string of the molecule is O=C(NCC[C@H]1CCCN1)c1cc(=O)[nH]c(=O)[nH]1. The summed E-state index contributed by atoms with van der Waals surface area (Å²) in [5, 5.41) is 6.00. The van der Waals surface area contributed by atoms with E-state index in [2.05, 4.69) is 15.6 Å². The van der Waals surface area contributed by atoms with Gasteiger partial charge < -0.3 is 15.6 Å². The highest BCUT2D eigenvalue weighted by Crippen LogP contribution is 2.07. The third-order valence-corrected chi connectivity index (χ3v) is 2.95. The molecule has 4 N–H and O–H groups in total. The van der Waals surface area contributed by atoms with Gasteiger partial charge in [0.05, 0.1) is 0 Å². The van der Waals surface area contributed by atoms with Crippen LogP contribution >= 0.6 is 0 Å². The number of carbonyl (C=O) groups is 1. The maximum atomic E-state index is 11.7. The van der Waals surface area contributed by atoms with Gasteiger partial charge in [0.25, 0.3) is 11.5 Å². The van der Waals surface area contributed by atoms with Crippen LogP contribution in [0.5, 0.6) is 0 Å². The van der Waals surface area contributed by atoms with Crippen LogP contribution in [0.25, 0.3) is 0 Å². The average Bonchev–Trinajstić information content (AvgIpc) is 2.80. The molecule has 1 amide bonds. The lowest BCUT2D eigenvalue weighted by Gasteiger charge is -2.10. The Bertz CT molecular complexity index is 499. The molecular weight excluding hydrogens is 236 g/mol. The van der Waals surface area contributed by atoms with E-state index in [1.807, 2.05) is 4.98 Å². The van der Waals surface area contributed by atoms with E-state index in [1.54, 1.807) is 0 Å². The molecule has 2 rings (SSSR count). The number of rotatable bonds is 4. The molecule has 0 spiro atoms. The van der Waals surface area contributed by atoms with Crippen molar-refractivity contribution in [3.8, 4) is 0 Å². The lowest BCUT2D eigenvalue weighted by molar-refractivity contribution is 0.0946. The Labute approximate surface area is 103 Å². The summed E-state index contributed by atoms with van der Waals surface area (Å²) >= 11 is 0. The minimum absolute atomic E-state index is 0.0110. The molecule has 1 atom stereocenters. The number of nitrogens with one attached hydrogen (secondary N) is 4. The lowest BCUT2D eigenvalue weighted by Crippen LogP contribution is -2.33. The highest BCUT2D eigenvalue weighted by molar-refractivity contribution is 5.91. The Morgan fingerprint density at radius 1 is 1.39 bits per heavy atom. The van der Waals surface area contributed by atoms with E-state index in [-0.39, 0.29) is 5.69 Å². The highest BCUT2D eigenvalue weighted by Gasteiger charge is 2.14. The van der Waals surface area contributed by atoms with Gasteiger partial charge in [-0.2, -0.15) is 0 Å². The maximum absolute atomic E-state index is 11.7. The van der Waals surface area contributed by atoms with Crippen molar-refractivity contribution in [1.29, 1.82) is 0 Å². The minimum Gasteiger partial charge on any atom is -0.351 e. The minimum atomic E-state index is -0.676. The van der Waals surface area contributed by atoms with Crippen molar-refractivity contribution >= 4 is 5.91 Å². The largest absolute Gasteiger partial charge is 0.351 e. The van der Waals surface area contributed by atoms with Gasteiger partial charge in [-0.15, -0.1) is 0 Å². The number of amides is 1. The van der Waals surface area contributed by atoms with Gasteiger partial charge in [-0.25, -0.2) is 4.79 Å². The average molecular weight is 252 g/mol. The van der Waals surface area contributed by atoms with Gasteiger partial charge in [0.1, 0.15) is 5.69 Å². The van der Waals surface area contributed by atoms with Crippen LogP contribution in [0.15, 0.2) is 15.7 Å². The molecule has 0 radical (unpaired) electrons. The first-order valence-electron chi connectivity index (χ1n) is 6.00. The van der Waals surface area contributed by atoms with E-state index in [0.29, 0.717) is 12.6 Å². The number of hydrogen-bond donors (Lipinski definition) is 4. The molecule has 98 valence electrons. The van der Waals surface area contributed by atoms with Gasteiger partial charge in [-0.05, 0) is 25.8 Å². The Hall–Kier alpha value is -1.89. The fourth-order valence-corrected chi connectivity index (χ4v) is 2.05. The van der Waals surface area contributed by atoms with Crippen LogP contribution in [0, 0.1) is 0 Å². The molecule has 1 aliphatic rings. The van der Waals surface area contributed by atoms with Crippen molar-refractivity contribution in [2.75, 3.05) is 13.1 Å². The monoisotopic (exact) mass is 252 g/mol. The molecule has 0 unspecified atom stereocenters. The predicted octanol–water partition coefficient (Wildman–Crippen LogP) is -1.06. The standard InChI is InChI=1S/C11H16N4O3/c16-9-6-8(14-11(18)15-9)10(17)13-5-3-7-2-1-4-12-7/h6-7,12H,1-5H2,(H,13,17)(H2,14,15,16,18)/t7-/m1/s1. The van der Waals surface area contributed by atoms with Gasteiger partial charge in [0, 0.05) is 18.7 Å². The number of carbonyl (C=O) groups excluding carboxylic acids is 1. The summed E-state index contributed by atoms with van der Waals surface area (Å²) in [6.45, 7) is 1.55. The molecule has 1 aromatic heterocycles. The van der Waals surface area contributed by atoms with E-state index in [4.69, 9.17) is 0 Å². The molecule has 1 saturated heterocycles. The summed E-state index contributed by atoms with van der Waals surface area (Å²) in [5.41, 5.74) is -1.27. The quantitative estimate of drug-likeness (QED) is 0.547. The first-order valence-corrected chi connectivity index (χ1v) is 6.00. The lowest BCUT2D eigenvalue weighted by atomic mass is 10.1. The number of H-pyrrole nitrogens is 2. The van der Waals surface area contributed by atoms with Gasteiger partial charge in [0.2, 0.25) is 0 Å². The van der Waals surface area contributed by atoms with E-state index in [9.17, 15) is 14.4 Å². The molecule has 2 heterocycles. The summed E-state index contributed by atoms with van der Waals surface area (Å²) in [6.07, 6.45) is 3.14. The van der Waals surface area contributed by atoms with E-state index in [1.165, 1.54) is 6.42 Å². The van der Waals surface area contributed by atoms with Crippen LogP contribution in [0.3, 0.4) is 0 Å². The molecule has 0 saturated carbocycles. The highest BCUT2D eigenvalue weighted by atomic mass is 16.2. The first-order chi connectivity index (χ1) is 8.65. The van der Waals surface area contributed by atoms with Crippen molar-refractivity contribution in [2.24, 2.45) is 0 Å². The zero-order valence-electron chi connectivity index (χ0n) is 9.91. The molecule has 0 aromatic carbocycles. The molecule has 1 aromatic rings. The van der Waals surface area contributed by atoms with Crippen LogP contribution in [-0.4, -0.2) is 35.0 Å². The Balaban J connectivity index is 1.87. The number of aromatic amines is 2. The number of hydrogen-bond acceptors (Lipinski definition) is 4. The van der Waals surface area contributed by atoms with Crippen molar-refractivity contribution in [2.45, 2.75) is 25.3 Å². The topological polar surface area (TPSA) is 107 Å². The predicted molar refractivity (Wildman–Crippen MR) is 65.7 cm³/mol. The molecule has 0 bridgehead atoms. The van der Waals surface area contributed by atoms with Crippen LogP contribution in [0.4, 0.5) is 0 Å². The third kappa shape index (κ3) is 3.30. The second kappa shape index (κ2) is 5.63. The smallest absolute Gasteiger partial charge is 0.326 e. The summed E-state index contributed by atoms with van der Waals surface area (Å²) in [6, 6.07) is 1.52. The zero-order valence-corrected chi connectivity index (χ0v) is 9.91. The summed E-state index contributed by atoms with van der Waals surface area (Å²) in [7, 11) is 0. The van der Waals surface area contributed by atoms with Crippen LogP contribution < -0.4 is 21.9 Å².